The van der Waals surface area contributed by atoms with Crippen LogP contribution in [0.25, 0.3) is 11.3 Å². The first-order valence-corrected chi connectivity index (χ1v) is 9.41. The average Bonchev–Trinajstić information content (AvgIpc) is 2.72. The van der Waals surface area contributed by atoms with E-state index in [9.17, 15) is 9.59 Å². The summed E-state index contributed by atoms with van der Waals surface area (Å²) in [6.45, 7) is 4.12. The average molecular weight is 389 g/mol. The summed E-state index contributed by atoms with van der Waals surface area (Å²) in [7, 11) is 0. The maximum atomic E-state index is 12.1. The molecule has 7 nitrogen and oxygen atoms in total. The standard InChI is InChI=1S/C22H23N5O2/c1-3-12-23-21(29)17-5-4-6-19(14-17)26-22-24-13-11-20(27-22)16-7-9-18(10-8-16)25-15(2)28/h4-11,13-14H,3,12H2,1-2H3,(H,23,29)(H,25,28)(H,24,26,27). The lowest BCUT2D eigenvalue weighted by Crippen LogP contribution is -2.23. The van der Waals surface area contributed by atoms with E-state index in [1.165, 1.54) is 6.92 Å². The lowest BCUT2D eigenvalue weighted by Gasteiger charge is -2.09. The second kappa shape index (κ2) is 9.45. The van der Waals surface area contributed by atoms with Crippen LogP contribution in [0.2, 0.25) is 0 Å². The third kappa shape index (κ3) is 5.62. The van der Waals surface area contributed by atoms with Crippen LogP contribution in [0.5, 0.6) is 0 Å². The number of carbonyl (C=O) groups is 2. The number of nitrogens with one attached hydrogen (secondary N) is 3. The minimum atomic E-state index is -0.114. The van der Waals surface area contributed by atoms with Gasteiger partial charge in [-0.1, -0.05) is 25.1 Å². The van der Waals surface area contributed by atoms with Gasteiger partial charge in [0.2, 0.25) is 11.9 Å². The SMILES string of the molecule is CCCNC(=O)c1cccc(Nc2nccc(-c3ccc(NC(C)=O)cc3)n2)c1. The van der Waals surface area contributed by atoms with Crippen molar-refractivity contribution in [1.29, 1.82) is 0 Å². The Hall–Kier alpha value is -3.74. The molecule has 0 aliphatic carbocycles. The van der Waals surface area contributed by atoms with Gasteiger partial charge in [0.25, 0.3) is 5.91 Å². The fourth-order valence-corrected chi connectivity index (χ4v) is 2.72. The molecule has 29 heavy (non-hydrogen) atoms. The molecule has 0 atom stereocenters. The minimum absolute atomic E-state index is 0.107. The van der Waals surface area contributed by atoms with E-state index >= 15 is 0 Å². The van der Waals surface area contributed by atoms with Gasteiger partial charge < -0.3 is 16.0 Å². The highest BCUT2D eigenvalue weighted by Gasteiger charge is 2.07. The Balaban J connectivity index is 1.75. The largest absolute Gasteiger partial charge is 0.352 e. The number of aromatic nitrogens is 2. The molecule has 0 aliphatic heterocycles. The van der Waals surface area contributed by atoms with Crippen LogP contribution in [0.1, 0.15) is 30.6 Å². The molecule has 3 aromatic rings. The number of benzene rings is 2. The number of hydrogen-bond acceptors (Lipinski definition) is 5. The molecule has 3 N–H and O–H groups in total. The molecule has 0 radical (unpaired) electrons. The first kappa shape index (κ1) is 20.0. The maximum Gasteiger partial charge on any atom is 0.251 e. The molecule has 148 valence electrons. The zero-order valence-corrected chi connectivity index (χ0v) is 16.4. The molecule has 7 heteroatoms. The summed E-state index contributed by atoms with van der Waals surface area (Å²) in [6, 6.07) is 16.4. The molecule has 0 unspecified atom stereocenters. The highest BCUT2D eigenvalue weighted by Crippen LogP contribution is 2.22. The lowest BCUT2D eigenvalue weighted by molar-refractivity contribution is -0.114. The first-order valence-electron chi connectivity index (χ1n) is 9.41. The summed E-state index contributed by atoms with van der Waals surface area (Å²) in [5.41, 5.74) is 3.68. The van der Waals surface area contributed by atoms with Crippen LogP contribution in [0.3, 0.4) is 0 Å². The molecule has 2 amide bonds. The van der Waals surface area contributed by atoms with Crippen molar-refractivity contribution < 1.29 is 9.59 Å². The van der Waals surface area contributed by atoms with Crippen molar-refractivity contribution in [3.8, 4) is 11.3 Å². The number of nitrogens with zero attached hydrogens (tertiary/aromatic N) is 2. The maximum absolute atomic E-state index is 12.1. The highest BCUT2D eigenvalue weighted by atomic mass is 16.2. The van der Waals surface area contributed by atoms with Crippen molar-refractivity contribution in [1.82, 2.24) is 15.3 Å². The molecule has 0 saturated heterocycles. The van der Waals surface area contributed by atoms with E-state index in [-0.39, 0.29) is 11.8 Å². The Bertz CT molecular complexity index is 1000. The summed E-state index contributed by atoms with van der Waals surface area (Å²) < 4.78 is 0. The Kier molecular flexibility index (Phi) is 6.52. The van der Waals surface area contributed by atoms with Crippen molar-refractivity contribution in [2.75, 3.05) is 17.2 Å². The lowest BCUT2D eigenvalue weighted by atomic mass is 10.1. The van der Waals surface area contributed by atoms with E-state index in [1.807, 2.05) is 49.4 Å². The van der Waals surface area contributed by atoms with Gasteiger partial charge in [-0.15, -0.1) is 0 Å². The van der Waals surface area contributed by atoms with Gasteiger partial charge in [0.15, 0.2) is 0 Å². The third-order valence-corrected chi connectivity index (χ3v) is 4.07. The zero-order chi connectivity index (χ0) is 20.6. The summed E-state index contributed by atoms with van der Waals surface area (Å²) >= 11 is 0. The zero-order valence-electron chi connectivity index (χ0n) is 16.4. The molecule has 0 saturated carbocycles. The highest BCUT2D eigenvalue weighted by molar-refractivity contribution is 5.95. The molecule has 2 aromatic carbocycles. The van der Waals surface area contributed by atoms with Gasteiger partial charge in [-0.2, -0.15) is 0 Å². The van der Waals surface area contributed by atoms with Crippen LogP contribution in [0.4, 0.5) is 17.3 Å². The van der Waals surface area contributed by atoms with Gasteiger partial charge in [-0.05, 0) is 42.8 Å². The van der Waals surface area contributed by atoms with Gasteiger partial charge in [-0.3, -0.25) is 9.59 Å². The Morgan fingerprint density at radius 3 is 2.52 bits per heavy atom. The minimum Gasteiger partial charge on any atom is -0.352 e. The van der Waals surface area contributed by atoms with Crippen LogP contribution < -0.4 is 16.0 Å². The topological polar surface area (TPSA) is 96.0 Å². The molecule has 0 bridgehead atoms. The van der Waals surface area contributed by atoms with Crippen LogP contribution in [0.15, 0.2) is 60.8 Å². The van der Waals surface area contributed by atoms with E-state index in [2.05, 4.69) is 25.9 Å². The number of anilines is 3. The normalized spacial score (nSPS) is 10.3. The van der Waals surface area contributed by atoms with Crippen LogP contribution >= 0.6 is 0 Å². The van der Waals surface area contributed by atoms with Crippen molar-refractivity contribution in [2.45, 2.75) is 20.3 Å². The van der Waals surface area contributed by atoms with Crippen molar-refractivity contribution in [3.63, 3.8) is 0 Å². The van der Waals surface area contributed by atoms with Gasteiger partial charge in [-0.25, -0.2) is 9.97 Å². The van der Waals surface area contributed by atoms with E-state index in [1.54, 1.807) is 18.3 Å². The smallest absolute Gasteiger partial charge is 0.251 e. The van der Waals surface area contributed by atoms with E-state index in [0.29, 0.717) is 18.1 Å². The fraction of sp³-hybridized carbons (Fsp3) is 0.182. The van der Waals surface area contributed by atoms with Gasteiger partial charge in [0.1, 0.15) is 0 Å². The number of hydrogen-bond donors (Lipinski definition) is 3. The van der Waals surface area contributed by atoms with E-state index < -0.39 is 0 Å². The van der Waals surface area contributed by atoms with Crippen molar-refractivity contribution in [2.24, 2.45) is 0 Å². The fourth-order valence-electron chi connectivity index (χ4n) is 2.72. The molecule has 0 fully saturated rings. The Morgan fingerprint density at radius 2 is 1.79 bits per heavy atom. The number of carbonyl (C=O) groups excluding carboxylic acids is 2. The summed E-state index contributed by atoms with van der Waals surface area (Å²) in [6.07, 6.45) is 2.56. The second-order valence-electron chi connectivity index (χ2n) is 6.49. The molecule has 1 heterocycles. The molecular formula is C22H23N5O2. The van der Waals surface area contributed by atoms with Crippen LogP contribution in [-0.4, -0.2) is 28.3 Å². The van der Waals surface area contributed by atoms with Crippen LogP contribution in [-0.2, 0) is 4.79 Å². The second-order valence-corrected chi connectivity index (χ2v) is 6.49. The Labute approximate surface area is 169 Å². The first-order chi connectivity index (χ1) is 14.0. The van der Waals surface area contributed by atoms with Crippen molar-refractivity contribution in [3.05, 3.63) is 66.4 Å². The summed E-state index contributed by atoms with van der Waals surface area (Å²) in [4.78, 5) is 32.1. The van der Waals surface area contributed by atoms with Gasteiger partial charge >= 0.3 is 0 Å². The number of rotatable bonds is 7. The van der Waals surface area contributed by atoms with Gasteiger partial charge in [0, 0.05) is 42.2 Å². The van der Waals surface area contributed by atoms with Gasteiger partial charge in [0.05, 0.1) is 5.69 Å². The molecule has 0 aliphatic rings. The quantitative estimate of drug-likeness (QED) is 0.568. The number of amides is 2. The van der Waals surface area contributed by atoms with Crippen LogP contribution in [0, 0.1) is 0 Å². The molecule has 3 rings (SSSR count). The van der Waals surface area contributed by atoms with Crippen molar-refractivity contribution >= 4 is 29.1 Å². The predicted octanol–water partition coefficient (Wildman–Crippen LogP) is 3.99. The third-order valence-electron chi connectivity index (χ3n) is 4.07. The van der Waals surface area contributed by atoms with E-state index in [4.69, 9.17) is 0 Å². The molecule has 1 aromatic heterocycles. The predicted molar refractivity (Wildman–Crippen MR) is 114 cm³/mol. The molecular weight excluding hydrogens is 366 g/mol. The molecule has 0 spiro atoms. The Morgan fingerprint density at radius 1 is 1.00 bits per heavy atom. The van der Waals surface area contributed by atoms with E-state index in [0.717, 1.165) is 29.1 Å². The summed E-state index contributed by atoms with van der Waals surface area (Å²) in [5.74, 6) is 0.209. The summed E-state index contributed by atoms with van der Waals surface area (Å²) in [5, 5.41) is 8.74. The monoisotopic (exact) mass is 389 g/mol.